The summed E-state index contributed by atoms with van der Waals surface area (Å²) in [4.78, 5) is 48.9. The summed E-state index contributed by atoms with van der Waals surface area (Å²) in [6.07, 6.45) is 8.91. The van der Waals surface area contributed by atoms with Crippen LogP contribution in [-0.2, 0) is 17.8 Å². The molecule has 2 amide bonds. The van der Waals surface area contributed by atoms with Gasteiger partial charge >= 0.3 is 0 Å². The molecule has 59 heavy (non-hydrogen) atoms. The fraction of sp³-hybridized carbons (Fsp3) is 0.442. The van der Waals surface area contributed by atoms with Gasteiger partial charge in [-0.05, 0) is 70.8 Å². The van der Waals surface area contributed by atoms with Crippen molar-refractivity contribution in [3.05, 3.63) is 101 Å². The van der Waals surface area contributed by atoms with Gasteiger partial charge in [0.05, 0.1) is 46.7 Å². The van der Waals surface area contributed by atoms with Gasteiger partial charge in [-0.15, -0.1) is 0 Å². The number of pyridine rings is 1. The topological polar surface area (TPSA) is 192 Å². The number of nitrogens with zero attached hydrogens (tertiary/aromatic N) is 9. The van der Waals surface area contributed by atoms with Crippen LogP contribution in [0, 0.1) is 6.92 Å². The second-order valence-electron chi connectivity index (χ2n) is 16.1. The summed E-state index contributed by atoms with van der Waals surface area (Å²) >= 11 is 0. The lowest BCUT2D eigenvalue weighted by molar-refractivity contribution is -0.117. The Labute approximate surface area is 345 Å². The Morgan fingerprint density at radius 2 is 1.66 bits per heavy atom. The number of hydrogen-bond donors (Lipinski definition) is 5. The first-order valence-corrected chi connectivity index (χ1v) is 20.8. The minimum atomic E-state index is -0.442. The molecule has 0 bridgehead atoms. The van der Waals surface area contributed by atoms with Crippen LogP contribution in [-0.4, -0.2) is 111 Å². The van der Waals surface area contributed by atoms with Gasteiger partial charge in [0.1, 0.15) is 28.9 Å². The number of hydrogen-bond acceptors (Lipinski definition) is 13. The van der Waals surface area contributed by atoms with E-state index in [1.807, 2.05) is 54.4 Å². The maximum atomic E-state index is 13.0. The van der Waals surface area contributed by atoms with E-state index in [0.29, 0.717) is 23.8 Å². The molecule has 1 atom stereocenters. The molecule has 7 N–H and O–H groups in total. The van der Waals surface area contributed by atoms with Crippen molar-refractivity contribution < 1.29 is 9.59 Å². The van der Waals surface area contributed by atoms with Gasteiger partial charge in [-0.25, -0.2) is 15.0 Å². The van der Waals surface area contributed by atoms with Crippen LogP contribution in [0.3, 0.4) is 0 Å². The van der Waals surface area contributed by atoms with Crippen LogP contribution in [0.25, 0.3) is 11.1 Å². The number of benzene rings is 1. The summed E-state index contributed by atoms with van der Waals surface area (Å²) in [5, 5.41) is 14.2. The van der Waals surface area contributed by atoms with E-state index in [4.69, 9.17) is 26.5 Å². The van der Waals surface area contributed by atoms with E-state index < -0.39 is 5.91 Å². The van der Waals surface area contributed by atoms with Gasteiger partial charge in [-0.3, -0.25) is 19.2 Å². The minimum absolute atomic E-state index is 0.0152. The van der Waals surface area contributed by atoms with E-state index in [9.17, 15) is 9.59 Å². The molecular weight excluding hydrogens is 745 g/mol. The average Bonchev–Trinajstić information content (AvgIpc) is 4.03. The van der Waals surface area contributed by atoms with Gasteiger partial charge in [0.2, 0.25) is 0 Å². The van der Waals surface area contributed by atoms with Crippen LogP contribution in [0.15, 0.2) is 72.0 Å². The second-order valence-corrected chi connectivity index (χ2v) is 16.1. The zero-order valence-corrected chi connectivity index (χ0v) is 34.5. The zero-order valence-electron chi connectivity index (χ0n) is 34.5. The molecule has 4 aliphatic rings. The summed E-state index contributed by atoms with van der Waals surface area (Å²) < 4.78 is 2.17. The Hall–Kier alpha value is -6.00. The molecule has 0 saturated carbocycles. The van der Waals surface area contributed by atoms with Crippen molar-refractivity contribution in [1.29, 1.82) is 0 Å². The SMILES string of the molecule is CNC(=O)/C(N)=C(/C=C(\N)Nc1cc(C)nc(CCN2CCCC2)n1)Nc1cccc2c1N(C)C(C)c1c-2cnn1C1CN(Cc2cccc(C(=O)N3CCCC3)n2)C1. The number of para-hydroxylation sites is 1. The number of likely N-dealkylation sites (N-methyl/N-ethyl adjacent to an activating group) is 1. The number of carbonyl (C=O) groups is 2. The highest BCUT2D eigenvalue weighted by Gasteiger charge is 2.37. The van der Waals surface area contributed by atoms with Crippen molar-refractivity contribution in [3.63, 3.8) is 0 Å². The number of nitrogens with two attached hydrogens (primary N) is 2. The van der Waals surface area contributed by atoms with Crippen LogP contribution in [0.1, 0.15) is 78.1 Å². The molecule has 3 fully saturated rings. The molecule has 0 radical (unpaired) electrons. The van der Waals surface area contributed by atoms with Crippen molar-refractivity contribution in [2.45, 2.75) is 64.6 Å². The van der Waals surface area contributed by atoms with Gasteiger partial charge in [0.15, 0.2) is 0 Å². The number of nitrogens with one attached hydrogen (secondary N) is 3. The molecule has 4 aliphatic heterocycles. The van der Waals surface area contributed by atoms with Crippen LogP contribution in [0.5, 0.6) is 0 Å². The maximum absolute atomic E-state index is 13.0. The molecule has 3 aromatic heterocycles. The van der Waals surface area contributed by atoms with Crippen LogP contribution >= 0.6 is 0 Å². The largest absolute Gasteiger partial charge is 0.393 e. The molecule has 16 heteroatoms. The first kappa shape index (κ1) is 39.8. The molecule has 0 spiro atoms. The number of amides is 2. The highest BCUT2D eigenvalue weighted by atomic mass is 16.2. The second kappa shape index (κ2) is 17.1. The highest BCUT2D eigenvalue weighted by molar-refractivity contribution is 5.96. The van der Waals surface area contributed by atoms with Crippen molar-refractivity contribution in [2.75, 3.05) is 75.4 Å². The van der Waals surface area contributed by atoms with Crippen LogP contribution in [0.2, 0.25) is 0 Å². The first-order valence-electron chi connectivity index (χ1n) is 20.8. The first-order chi connectivity index (χ1) is 28.6. The number of aromatic nitrogens is 5. The smallest absolute Gasteiger partial charge is 0.272 e. The van der Waals surface area contributed by atoms with E-state index in [2.05, 4.69) is 60.4 Å². The van der Waals surface area contributed by atoms with E-state index in [1.54, 1.807) is 13.1 Å². The van der Waals surface area contributed by atoms with Crippen LogP contribution in [0.4, 0.5) is 17.2 Å². The highest BCUT2D eigenvalue weighted by Crippen LogP contribution is 2.48. The minimum Gasteiger partial charge on any atom is -0.393 e. The molecule has 8 rings (SSSR count). The number of rotatable bonds is 13. The molecule has 3 saturated heterocycles. The molecule has 16 nitrogen and oxygen atoms in total. The summed E-state index contributed by atoms with van der Waals surface area (Å²) in [6.45, 7) is 11.2. The Bertz CT molecular complexity index is 2270. The van der Waals surface area contributed by atoms with Crippen molar-refractivity contribution in [2.24, 2.45) is 11.5 Å². The number of fused-ring (bicyclic) bond motifs is 3. The fourth-order valence-corrected chi connectivity index (χ4v) is 8.72. The fourth-order valence-electron chi connectivity index (χ4n) is 8.72. The van der Waals surface area contributed by atoms with E-state index in [1.165, 1.54) is 12.8 Å². The molecule has 310 valence electrons. The number of allylic oxidation sites excluding steroid dienone is 1. The van der Waals surface area contributed by atoms with Gasteiger partial charge in [-0.2, -0.15) is 5.10 Å². The lowest BCUT2D eigenvalue weighted by Gasteiger charge is -2.42. The van der Waals surface area contributed by atoms with Gasteiger partial charge < -0.3 is 42.1 Å². The third-order valence-corrected chi connectivity index (χ3v) is 11.9. The third kappa shape index (κ3) is 8.45. The lowest BCUT2D eigenvalue weighted by atomic mass is 9.93. The molecule has 0 aliphatic carbocycles. The van der Waals surface area contributed by atoms with Crippen molar-refractivity contribution in [3.8, 4) is 11.1 Å². The van der Waals surface area contributed by atoms with E-state index >= 15 is 0 Å². The summed E-state index contributed by atoms with van der Waals surface area (Å²) in [7, 11) is 3.61. The number of anilines is 3. The number of likely N-dealkylation sites (tertiary alicyclic amines) is 3. The zero-order chi connectivity index (χ0) is 41.2. The van der Waals surface area contributed by atoms with Gasteiger partial charge in [-0.1, -0.05) is 18.2 Å². The standard InChI is InChI=1S/C43H56N14O2/c1-27-21-38(52-37(48-27)15-20-54-16-5-6-17-54)51-36(44)22-35(39(45)42(58)46-3)50-33-13-10-12-31-32-23-47-57(40(32)28(2)53(4)41(31)33)30-25-55(26-30)24-29-11-9-14-34(49-29)43(59)56-18-7-8-19-56/h9-14,21-23,28,30,50H,5-8,15-20,24-26,44-45H2,1-4H3,(H,46,58)(H,48,51,52)/b36-22+,39-35+. The van der Waals surface area contributed by atoms with E-state index in [-0.39, 0.29) is 29.5 Å². The third-order valence-electron chi connectivity index (χ3n) is 11.9. The van der Waals surface area contributed by atoms with Crippen molar-refractivity contribution in [1.82, 2.24) is 44.7 Å². The molecule has 1 unspecified atom stereocenters. The summed E-state index contributed by atoms with van der Waals surface area (Å²) in [5.74, 6) is 1.16. The molecule has 7 heterocycles. The molecular formula is C43H56N14O2. The summed E-state index contributed by atoms with van der Waals surface area (Å²) in [5.41, 5.74) is 20.6. The summed E-state index contributed by atoms with van der Waals surface area (Å²) in [6, 6.07) is 13.8. The molecule has 4 aromatic rings. The predicted octanol–water partition coefficient (Wildman–Crippen LogP) is 3.73. The average molecular weight is 801 g/mol. The Kier molecular flexibility index (Phi) is 11.5. The van der Waals surface area contributed by atoms with Crippen LogP contribution < -0.4 is 32.3 Å². The normalized spacial score (nSPS) is 18.9. The Morgan fingerprint density at radius 1 is 0.915 bits per heavy atom. The number of carbonyl (C=O) groups excluding carboxylic acids is 2. The Balaban J connectivity index is 0.989. The number of aryl methyl sites for hydroxylation is 1. The Morgan fingerprint density at radius 3 is 2.42 bits per heavy atom. The van der Waals surface area contributed by atoms with Gasteiger partial charge in [0, 0.05) is 88.7 Å². The monoisotopic (exact) mass is 800 g/mol. The van der Waals surface area contributed by atoms with Crippen molar-refractivity contribution >= 4 is 29.0 Å². The predicted molar refractivity (Wildman–Crippen MR) is 229 cm³/mol. The lowest BCUT2D eigenvalue weighted by Crippen LogP contribution is -2.48. The van der Waals surface area contributed by atoms with E-state index in [0.717, 1.165) is 110 Å². The maximum Gasteiger partial charge on any atom is 0.272 e. The molecule has 1 aromatic carbocycles. The van der Waals surface area contributed by atoms with Gasteiger partial charge in [0.25, 0.3) is 11.8 Å². The quantitative estimate of drug-likeness (QED) is 0.0973.